The lowest BCUT2D eigenvalue weighted by molar-refractivity contribution is -0.146. The van der Waals surface area contributed by atoms with Crippen molar-refractivity contribution >= 4 is 11.9 Å². The van der Waals surface area contributed by atoms with Crippen LogP contribution in [0.25, 0.3) is 0 Å². The van der Waals surface area contributed by atoms with Gasteiger partial charge in [0.1, 0.15) is 0 Å². The molecule has 4 heteroatoms. The summed E-state index contributed by atoms with van der Waals surface area (Å²) in [5, 5.41) is 0. The Morgan fingerprint density at radius 1 is 0.500 bits per heavy atom. The number of unbranched alkanes of at least 4 members (excludes halogenated alkanes) is 18. The molecule has 0 radical (unpaired) electrons. The van der Waals surface area contributed by atoms with E-state index in [-0.39, 0.29) is 11.9 Å². The van der Waals surface area contributed by atoms with Crippen LogP contribution in [0.1, 0.15) is 175 Å². The van der Waals surface area contributed by atoms with Crippen LogP contribution in [0.4, 0.5) is 0 Å². The molecule has 0 heterocycles. The number of carbonyl (C=O) groups is 2. The molecule has 214 valence electrons. The van der Waals surface area contributed by atoms with Gasteiger partial charge in [-0.2, -0.15) is 0 Å². The first-order valence-electron chi connectivity index (χ1n) is 15.9. The molecule has 0 saturated heterocycles. The maximum atomic E-state index is 11.8. The number of esters is 2. The summed E-state index contributed by atoms with van der Waals surface area (Å²) in [7, 11) is 0. The van der Waals surface area contributed by atoms with Crippen molar-refractivity contribution < 1.29 is 19.1 Å². The molecule has 0 spiro atoms. The van der Waals surface area contributed by atoms with E-state index in [1.54, 1.807) is 0 Å². The third-order valence-corrected chi connectivity index (χ3v) is 7.34. The smallest absolute Gasteiger partial charge is 0.305 e. The van der Waals surface area contributed by atoms with E-state index in [2.05, 4.69) is 20.8 Å². The van der Waals surface area contributed by atoms with Crippen molar-refractivity contribution in [3.05, 3.63) is 0 Å². The Labute approximate surface area is 225 Å². The first-order chi connectivity index (χ1) is 17.6. The summed E-state index contributed by atoms with van der Waals surface area (Å²) in [6.07, 6.45) is 28.7. The molecule has 0 fully saturated rings. The highest BCUT2D eigenvalue weighted by molar-refractivity contribution is 5.70. The second-order valence-corrected chi connectivity index (χ2v) is 11.0. The molecule has 4 nitrogen and oxygen atoms in total. The summed E-state index contributed by atoms with van der Waals surface area (Å²) in [6.45, 7) is 7.64. The molecule has 1 unspecified atom stereocenters. The molecule has 1 atom stereocenters. The quantitative estimate of drug-likeness (QED) is 0.0776. The predicted molar refractivity (Wildman–Crippen MR) is 153 cm³/mol. The Bertz CT molecular complexity index is 477. The molecule has 0 aliphatic carbocycles. The van der Waals surface area contributed by atoms with E-state index in [9.17, 15) is 9.59 Å². The maximum absolute atomic E-state index is 11.8. The topological polar surface area (TPSA) is 52.6 Å². The molecular weight excluding hydrogens is 448 g/mol. The van der Waals surface area contributed by atoms with Crippen LogP contribution >= 0.6 is 0 Å². The number of rotatable bonds is 28. The SMILES string of the molecule is CCCCCCCCCCCCCCCCCCCCOC(=O)CCCCC(=O)OCCC(C)CC. The highest BCUT2D eigenvalue weighted by Gasteiger charge is 2.07. The fraction of sp³-hybridized carbons (Fsp3) is 0.938. The monoisotopic (exact) mass is 510 g/mol. The molecule has 0 aromatic carbocycles. The fourth-order valence-electron chi connectivity index (χ4n) is 4.45. The summed E-state index contributed by atoms with van der Waals surface area (Å²) in [5.41, 5.74) is 0. The third kappa shape index (κ3) is 27.5. The van der Waals surface area contributed by atoms with Gasteiger partial charge in [-0.25, -0.2) is 0 Å². The van der Waals surface area contributed by atoms with Gasteiger partial charge in [-0.15, -0.1) is 0 Å². The molecular formula is C32H62O4. The lowest BCUT2D eigenvalue weighted by atomic mass is 10.0. The highest BCUT2D eigenvalue weighted by Crippen LogP contribution is 2.14. The minimum Gasteiger partial charge on any atom is -0.466 e. The molecule has 0 aromatic heterocycles. The number of ether oxygens (including phenoxy) is 2. The van der Waals surface area contributed by atoms with E-state index >= 15 is 0 Å². The van der Waals surface area contributed by atoms with Gasteiger partial charge in [0.25, 0.3) is 0 Å². The third-order valence-electron chi connectivity index (χ3n) is 7.34. The molecule has 0 bridgehead atoms. The van der Waals surface area contributed by atoms with Gasteiger partial charge in [0.05, 0.1) is 13.2 Å². The van der Waals surface area contributed by atoms with E-state index in [0.29, 0.717) is 44.8 Å². The Morgan fingerprint density at radius 2 is 0.861 bits per heavy atom. The minimum atomic E-state index is -0.148. The lowest BCUT2D eigenvalue weighted by Crippen LogP contribution is -2.09. The average molecular weight is 511 g/mol. The van der Waals surface area contributed by atoms with Crippen molar-refractivity contribution in [1.82, 2.24) is 0 Å². The summed E-state index contributed by atoms with van der Waals surface area (Å²) >= 11 is 0. The summed E-state index contributed by atoms with van der Waals surface area (Å²) < 4.78 is 10.6. The molecule has 0 amide bonds. The molecule has 0 aliphatic heterocycles. The van der Waals surface area contributed by atoms with Crippen molar-refractivity contribution in [1.29, 1.82) is 0 Å². The van der Waals surface area contributed by atoms with Crippen molar-refractivity contribution in [2.45, 2.75) is 175 Å². The van der Waals surface area contributed by atoms with Crippen LogP contribution in [0.2, 0.25) is 0 Å². The molecule has 0 aliphatic rings. The van der Waals surface area contributed by atoms with E-state index in [4.69, 9.17) is 9.47 Å². The number of hydrogen-bond donors (Lipinski definition) is 0. The van der Waals surface area contributed by atoms with Crippen LogP contribution in [-0.2, 0) is 19.1 Å². The Morgan fingerprint density at radius 3 is 1.25 bits per heavy atom. The zero-order valence-corrected chi connectivity index (χ0v) is 24.6. The zero-order valence-electron chi connectivity index (χ0n) is 24.6. The molecule has 0 saturated carbocycles. The van der Waals surface area contributed by atoms with Gasteiger partial charge in [0.15, 0.2) is 0 Å². The largest absolute Gasteiger partial charge is 0.466 e. The second kappa shape index (κ2) is 28.5. The fourth-order valence-corrected chi connectivity index (χ4v) is 4.45. The van der Waals surface area contributed by atoms with Gasteiger partial charge in [-0.1, -0.05) is 136 Å². The minimum absolute atomic E-state index is 0.132. The Balaban J connectivity index is 3.24. The van der Waals surface area contributed by atoms with Gasteiger partial charge in [0, 0.05) is 12.8 Å². The first kappa shape index (κ1) is 34.9. The van der Waals surface area contributed by atoms with E-state index in [1.165, 1.54) is 103 Å². The first-order valence-corrected chi connectivity index (χ1v) is 15.9. The van der Waals surface area contributed by atoms with E-state index in [0.717, 1.165) is 25.7 Å². The summed E-state index contributed by atoms with van der Waals surface area (Å²) in [5.74, 6) is 0.314. The molecule has 0 aromatic rings. The average Bonchev–Trinajstić information content (AvgIpc) is 2.87. The molecule has 36 heavy (non-hydrogen) atoms. The Kier molecular flexibility index (Phi) is 27.7. The molecule has 0 rings (SSSR count). The van der Waals surface area contributed by atoms with Crippen molar-refractivity contribution in [3.8, 4) is 0 Å². The van der Waals surface area contributed by atoms with Crippen LogP contribution in [0.5, 0.6) is 0 Å². The number of hydrogen-bond acceptors (Lipinski definition) is 4. The highest BCUT2D eigenvalue weighted by atomic mass is 16.5. The van der Waals surface area contributed by atoms with Gasteiger partial charge in [-0.05, 0) is 31.6 Å². The van der Waals surface area contributed by atoms with E-state index < -0.39 is 0 Å². The van der Waals surface area contributed by atoms with Gasteiger partial charge in [0.2, 0.25) is 0 Å². The van der Waals surface area contributed by atoms with Gasteiger partial charge < -0.3 is 9.47 Å². The van der Waals surface area contributed by atoms with Crippen LogP contribution in [0, 0.1) is 5.92 Å². The van der Waals surface area contributed by atoms with Crippen LogP contribution in [0.15, 0.2) is 0 Å². The van der Waals surface area contributed by atoms with Crippen LogP contribution in [-0.4, -0.2) is 25.2 Å². The number of carbonyl (C=O) groups excluding carboxylic acids is 2. The maximum Gasteiger partial charge on any atom is 0.305 e. The Hall–Kier alpha value is -1.06. The lowest BCUT2D eigenvalue weighted by Gasteiger charge is -2.09. The second-order valence-electron chi connectivity index (χ2n) is 11.0. The van der Waals surface area contributed by atoms with Crippen molar-refractivity contribution in [2.24, 2.45) is 5.92 Å². The van der Waals surface area contributed by atoms with Crippen molar-refractivity contribution in [2.75, 3.05) is 13.2 Å². The van der Waals surface area contributed by atoms with Crippen molar-refractivity contribution in [3.63, 3.8) is 0 Å². The molecule has 0 N–H and O–H groups in total. The van der Waals surface area contributed by atoms with E-state index in [1.807, 2.05) is 0 Å². The standard InChI is InChI=1S/C32H62O4/c1-4-6-7-8-9-10-11-12-13-14-15-16-17-18-19-20-21-24-28-35-31(33)25-22-23-26-32(34)36-29-27-30(3)5-2/h30H,4-29H2,1-3H3. The van der Waals surface area contributed by atoms with Gasteiger partial charge >= 0.3 is 11.9 Å². The summed E-state index contributed by atoms with van der Waals surface area (Å²) in [6, 6.07) is 0. The summed E-state index contributed by atoms with van der Waals surface area (Å²) in [4.78, 5) is 23.5. The normalized spacial score (nSPS) is 12.0. The zero-order chi connectivity index (χ0) is 26.5. The predicted octanol–water partition coefficient (Wildman–Crippen LogP) is 10.1. The van der Waals surface area contributed by atoms with Gasteiger partial charge in [-0.3, -0.25) is 9.59 Å². The van der Waals surface area contributed by atoms with Crippen LogP contribution in [0.3, 0.4) is 0 Å². The van der Waals surface area contributed by atoms with Crippen LogP contribution < -0.4 is 0 Å².